The van der Waals surface area contributed by atoms with Crippen LogP contribution in [-0.2, 0) is 0 Å². The normalized spacial score (nSPS) is 13.7. The fourth-order valence-corrected chi connectivity index (χ4v) is 1.80. The van der Waals surface area contributed by atoms with E-state index in [9.17, 15) is 5.11 Å². The number of terminal acetylenes is 1. The molecule has 0 saturated heterocycles. The Morgan fingerprint density at radius 1 is 1.50 bits per heavy atom. The third-order valence-corrected chi connectivity index (χ3v) is 2.91. The Bertz CT molecular complexity index is 423. The van der Waals surface area contributed by atoms with Gasteiger partial charge in [-0.25, -0.2) is 0 Å². The van der Waals surface area contributed by atoms with E-state index >= 15 is 0 Å². The maximum atomic E-state index is 10.2. The molecular weight excluding hydrogens is 226 g/mol. The minimum Gasteiger partial charge on any atom is -0.496 e. The summed E-state index contributed by atoms with van der Waals surface area (Å²) in [6.45, 7) is 4.42. The predicted octanol–water partition coefficient (Wildman–Crippen LogP) is 2.04. The summed E-state index contributed by atoms with van der Waals surface area (Å²) in [6.07, 6.45) is 5.59. The van der Waals surface area contributed by atoms with Crippen molar-refractivity contribution in [3.8, 4) is 18.1 Å². The maximum absolute atomic E-state index is 10.2. The first-order valence-electron chi connectivity index (χ1n) is 6.14. The van der Waals surface area contributed by atoms with Crippen molar-refractivity contribution < 1.29 is 9.84 Å². The van der Waals surface area contributed by atoms with Gasteiger partial charge in [0.1, 0.15) is 5.75 Å². The fourth-order valence-electron chi connectivity index (χ4n) is 1.80. The van der Waals surface area contributed by atoms with E-state index in [4.69, 9.17) is 11.2 Å². The lowest BCUT2D eigenvalue weighted by atomic mass is 10.0. The molecule has 0 amide bonds. The molecule has 1 aromatic rings. The van der Waals surface area contributed by atoms with Crippen molar-refractivity contribution in [2.45, 2.75) is 32.4 Å². The SMILES string of the molecule is C#CC(CC)NCC(O)c1cc(C)ccc1OC. The van der Waals surface area contributed by atoms with Crippen LogP contribution in [0.3, 0.4) is 0 Å². The number of aliphatic hydroxyl groups excluding tert-OH is 1. The Kier molecular flexibility index (Phi) is 5.70. The number of hydrogen-bond donors (Lipinski definition) is 2. The molecule has 0 aromatic heterocycles. The molecule has 2 atom stereocenters. The van der Waals surface area contributed by atoms with Crippen molar-refractivity contribution in [1.82, 2.24) is 5.32 Å². The Hall–Kier alpha value is -1.50. The van der Waals surface area contributed by atoms with E-state index in [-0.39, 0.29) is 6.04 Å². The number of aliphatic hydroxyl groups is 1. The van der Waals surface area contributed by atoms with Crippen LogP contribution >= 0.6 is 0 Å². The van der Waals surface area contributed by atoms with Gasteiger partial charge in [0.25, 0.3) is 0 Å². The number of methoxy groups -OCH3 is 1. The summed E-state index contributed by atoms with van der Waals surface area (Å²) in [5.41, 5.74) is 1.88. The molecule has 0 aliphatic rings. The van der Waals surface area contributed by atoms with Crippen LogP contribution in [0.2, 0.25) is 0 Å². The average molecular weight is 247 g/mol. The number of benzene rings is 1. The molecule has 0 aliphatic carbocycles. The average Bonchev–Trinajstić information content (AvgIpc) is 2.39. The number of rotatable bonds is 6. The summed E-state index contributed by atoms with van der Waals surface area (Å²) in [6, 6.07) is 5.75. The van der Waals surface area contributed by atoms with Gasteiger partial charge in [-0.2, -0.15) is 0 Å². The summed E-state index contributed by atoms with van der Waals surface area (Å²) in [5.74, 6) is 3.34. The van der Waals surface area contributed by atoms with E-state index < -0.39 is 6.10 Å². The number of ether oxygens (including phenoxy) is 1. The first-order valence-corrected chi connectivity index (χ1v) is 6.14. The minimum atomic E-state index is -0.623. The van der Waals surface area contributed by atoms with E-state index in [0.717, 1.165) is 17.5 Å². The quantitative estimate of drug-likeness (QED) is 0.756. The number of hydrogen-bond acceptors (Lipinski definition) is 3. The highest BCUT2D eigenvalue weighted by Crippen LogP contribution is 2.25. The molecule has 0 spiro atoms. The zero-order valence-corrected chi connectivity index (χ0v) is 11.2. The fraction of sp³-hybridized carbons (Fsp3) is 0.467. The molecule has 0 fully saturated rings. The third kappa shape index (κ3) is 3.76. The van der Waals surface area contributed by atoms with Crippen molar-refractivity contribution >= 4 is 0 Å². The van der Waals surface area contributed by atoms with Gasteiger partial charge >= 0.3 is 0 Å². The van der Waals surface area contributed by atoms with Crippen LogP contribution in [0.5, 0.6) is 5.75 Å². The number of aryl methyl sites for hydroxylation is 1. The molecule has 1 aromatic carbocycles. The van der Waals surface area contributed by atoms with Gasteiger partial charge in [0.05, 0.1) is 19.3 Å². The Labute approximate surface area is 109 Å². The van der Waals surface area contributed by atoms with E-state index in [1.165, 1.54) is 0 Å². The highest BCUT2D eigenvalue weighted by molar-refractivity contribution is 5.38. The molecule has 0 radical (unpaired) electrons. The van der Waals surface area contributed by atoms with Crippen LogP contribution in [0.15, 0.2) is 18.2 Å². The van der Waals surface area contributed by atoms with Gasteiger partial charge in [0.2, 0.25) is 0 Å². The second-order valence-electron chi connectivity index (χ2n) is 4.30. The van der Waals surface area contributed by atoms with Crippen molar-refractivity contribution in [1.29, 1.82) is 0 Å². The van der Waals surface area contributed by atoms with Gasteiger partial charge in [-0.15, -0.1) is 6.42 Å². The van der Waals surface area contributed by atoms with Crippen LogP contribution in [0.4, 0.5) is 0 Å². The van der Waals surface area contributed by atoms with Crippen LogP contribution in [0.25, 0.3) is 0 Å². The lowest BCUT2D eigenvalue weighted by Gasteiger charge is -2.18. The molecule has 1 rings (SSSR count). The first-order chi connectivity index (χ1) is 8.62. The highest BCUT2D eigenvalue weighted by Gasteiger charge is 2.14. The smallest absolute Gasteiger partial charge is 0.124 e. The molecule has 18 heavy (non-hydrogen) atoms. The van der Waals surface area contributed by atoms with Crippen molar-refractivity contribution in [3.05, 3.63) is 29.3 Å². The summed E-state index contributed by atoms with van der Waals surface area (Å²) in [5, 5.41) is 13.3. The Morgan fingerprint density at radius 3 is 2.78 bits per heavy atom. The summed E-state index contributed by atoms with van der Waals surface area (Å²) < 4.78 is 5.25. The second-order valence-corrected chi connectivity index (χ2v) is 4.30. The van der Waals surface area contributed by atoms with Gasteiger partial charge in [-0.05, 0) is 25.5 Å². The summed E-state index contributed by atoms with van der Waals surface area (Å²) in [7, 11) is 1.60. The van der Waals surface area contributed by atoms with E-state index in [2.05, 4.69) is 11.2 Å². The van der Waals surface area contributed by atoms with Crippen molar-refractivity contribution in [2.75, 3.05) is 13.7 Å². The lowest BCUT2D eigenvalue weighted by Crippen LogP contribution is -2.31. The largest absolute Gasteiger partial charge is 0.496 e. The van der Waals surface area contributed by atoms with Crippen LogP contribution in [0, 0.1) is 19.3 Å². The van der Waals surface area contributed by atoms with Crippen LogP contribution in [-0.4, -0.2) is 24.8 Å². The molecular formula is C15H21NO2. The van der Waals surface area contributed by atoms with Gasteiger partial charge < -0.3 is 15.2 Å². The predicted molar refractivity (Wildman–Crippen MR) is 73.6 cm³/mol. The molecule has 98 valence electrons. The molecule has 2 N–H and O–H groups in total. The van der Waals surface area contributed by atoms with E-state index in [0.29, 0.717) is 12.3 Å². The second kappa shape index (κ2) is 7.05. The van der Waals surface area contributed by atoms with E-state index in [1.807, 2.05) is 32.0 Å². The Balaban J connectivity index is 2.74. The molecule has 3 heteroatoms. The molecule has 0 saturated carbocycles. The topological polar surface area (TPSA) is 41.5 Å². The minimum absolute atomic E-state index is 0.00421. The molecule has 0 bridgehead atoms. The zero-order valence-electron chi connectivity index (χ0n) is 11.2. The summed E-state index contributed by atoms with van der Waals surface area (Å²) in [4.78, 5) is 0. The molecule has 3 nitrogen and oxygen atoms in total. The van der Waals surface area contributed by atoms with Gasteiger partial charge in [-0.1, -0.05) is 24.5 Å². The van der Waals surface area contributed by atoms with Gasteiger partial charge in [0, 0.05) is 12.1 Å². The molecule has 0 aliphatic heterocycles. The summed E-state index contributed by atoms with van der Waals surface area (Å²) >= 11 is 0. The highest BCUT2D eigenvalue weighted by atomic mass is 16.5. The van der Waals surface area contributed by atoms with Crippen molar-refractivity contribution in [3.63, 3.8) is 0 Å². The monoisotopic (exact) mass is 247 g/mol. The zero-order chi connectivity index (χ0) is 13.5. The standard InChI is InChI=1S/C15H21NO2/c1-5-12(6-2)16-10-14(17)13-9-11(3)7-8-15(13)18-4/h1,7-9,12,14,16-17H,6,10H2,2-4H3. The molecule has 2 unspecified atom stereocenters. The van der Waals surface area contributed by atoms with Gasteiger partial charge in [-0.3, -0.25) is 0 Å². The Morgan fingerprint density at radius 2 is 2.22 bits per heavy atom. The first kappa shape index (κ1) is 14.6. The number of nitrogens with one attached hydrogen (secondary N) is 1. The lowest BCUT2D eigenvalue weighted by molar-refractivity contribution is 0.168. The van der Waals surface area contributed by atoms with Crippen LogP contribution in [0.1, 0.15) is 30.6 Å². The third-order valence-electron chi connectivity index (χ3n) is 2.91. The van der Waals surface area contributed by atoms with Crippen molar-refractivity contribution in [2.24, 2.45) is 0 Å². The van der Waals surface area contributed by atoms with Crippen LogP contribution < -0.4 is 10.1 Å². The van der Waals surface area contributed by atoms with E-state index in [1.54, 1.807) is 7.11 Å². The maximum Gasteiger partial charge on any atom is 0.124 e. The molecule has 0 heterocycles. The van der Waals surface area contributed by atoms with Gasteiger partial charge in [0.15, 0.2) is 0 Å².